The zero-order valence-electron chi connectivity index (χ0n) is 11.4. The number of para-hydroxylation sites is 1. The monoisotopic (exact) mass is 274 g/mol. The van der Waals surface area contributed by atoms with E-state index in [-0.39, 0.29) is 5.56 Å². The number of aromatic nitrogens is 2. The van der Waals surface area contributed by atoms with Crippen LogP contribution in [0.1, 0.15) is 5.56 Å². The maximum atomic E-state index is 12.6. The molecule has 0 spiro atoms. The van der Waals surface area contributed by atoms with Gasteiger partial charge in [0.2, 0.25) is 0 Å². The third-order valence-corrected chi connectivity index (χ3v) is 3.25. The largest absolute Gasteiger partial charge is 0.268 e. The molecular weight excluding hydrogens is 260 g/mol. The Morgan fingerprint density at radius 3 is 2.19 bits per heavy atom. The van der Waals surface area contributed by atoms with Gasteiger partial charge in [0.15, 0.2) is 0 Å². The van der Waals surface area contributed by atoms with Crippen molar-refractivity contribution in [1.29, 1.82) is 0 Å². The van der Waals surface area contributed by atoms with Crippen molar-refractivity contribution < 1.29 is 0 Å². The number of rotatable bonds is 3. The Morgan fingerprint density at radius 2 is 1.57 bits per heavy atom. The van der Waals surface area contributed by atoms with E-state index < -0.39 is 0 Å². The first-order valence-corrected chi connectivity index (χ1v) is 6.66. The van der Waals surface area contributed by atoms with Gasteiger partial charge in [0.25, 0.3) is 5.56 Å². The molecule has 0 saturated carbocycles. The molecule has 0 radical (unpaired) electrons. The highest BCUT2D eigenvalue weighted by Gasteiger charge is 2.11. The highest BCUT2D eigenvalue weighted by atomic mass is 16.1. The summed E-state index contributed by atoms with van der Waals surface area (Å²) < 4.78 is 1.62. The molecule has 1 heterocycles. The maximum Gasteiger partial charge on any atom is 0.265 e. The minimum Gasteiger partial charge on any atom is -0.268 e. The molecule has 0 unspecified atom stereocenters. The lowest BCUT2D eigenvalue weighted by atomic mass is 10.2. The minimum absolute atomic E-state index is 0.120. The summed E-state index contributed by atoms with van der Waals surface area (Å²) in [5.41, 5.74) is 2.05. The van der Waals surface area contributed by atoms with Crippen LogP contribution in [0.5, 0.6) is 0 Å². The summed E-state index contributed by atoms with van der Waals surface area (Å²) in [4.78, 5) is 17.1. The third kappa shape index (κ3) is 2.41. The Morgan fingerprint density at radius 1 is 0.952 bits per heavy atom. The van der Waals surface area contributed by atoms with E-state index in [1.54, 1.807) is 10.8 Å². The van der Waals surface area contributed by atoms with Crippen LogP contribution >= 0.6 is 0 Å². The Hall–Kier alpha value is -2.94. The standard InChI is InChI=1S/C18H14N2O/c1-2-14-13-19-17(15-9-5-3-6-10-15)20(18(14)21)16-11-7-4-8-12-16/h2-13H,1H2. The molecule has 21 heavy (non-hydrogen) atoms. The maximum absolute atomic E-state index is 12.6. The second kappa shape index (κ2) is 5.59. The van der Waals surface area contributed by atoms with Crippen LogP contribution in [0.25, 0.3) is 23.2 Å². The van der Waals surface area contributed by atoms with Crippen LogP contribution in [0.2, 0.25) is 0 Å². The van der Waals surface area contributed by atoms with E-state index in [1.165, 1.54) is 6.08 Å². The van der Waals surface area contributed by atoms with Crippen molar-refractivity contribution in [2.45, 2.75) is 0 Å². The topological polar surface area (TPSA) is 34.9 Å². The summed E-state index contributed by atoms with van der Waals surface area (Å²) in [5, 5.41) is 0. The van der Waals surface area contributed by atoms with E-state index in [4.69, 9.17) is 0 Å². The Labute approximate surface area is 122 Å². The van der Waals surface area contributed by atoms with Crippen molar-refractivity contribution in [3.63, 3.8) is 0 Å². The molecule has 3 nitrogen and oxygen atoms in total. The van der Waals surface area contributed by atoms with Crippen LogP contribution in [0, 0.1) is 0 Å². The van der Waals surface area contributed by atoms with Gasteiger partial charge in [-0.25, -0.2) is 4.98 Å². The van der Waals surface area contributed by atoms with Gasteiger partial charge in [-0.15, -0.1) is 0 Å². The Balaban J connectivity index is 2.34. The Kier molecular flexibility index (Phi) is 3.48. The van der Waals surface area contributed by atoms with Gasteiger partial charge in [-0.2, -0.15) is 0 Å². The fourth-order valence-corrected chi connectivity index (χ4v) is 2.22. The highest BCUT2D eigenvalue weighted by Crippen LogP contribution is 2.19. The smallest absolute Gasteiger partial charge is 0.265 e. The van der Waals surface area contributed by atoms with Crippen molar-refractivity contribution in [2.75, 3.05) is 0 Å². The molecule has 0 aliphatic rings. The van der Waals surface area contributed by atoms with Crippen molar-refractivity contribution >= 4 is 6.08 Å². The molecule has 0 aliphatic heterocycles. The molecule has 3 aromatic rings. The van der Waals surface area contributed by atoms with Crippen LogP contribution in [0.15, 0.2) is 78.2 Å². The van der Waals surface area contributed by atoms with Crippen molar-refractivity contribution in [3.05, 3.63) is 89.4 Å². The van der Waals surface area contributed by atoms with E-state index in [2.05, 4.69) is 11.6 Å². The molecule has 1 aromatic heterocycles. The van der Waals surface area contributed by atoms with E-state index in [0.717, 1.165) is 11.3 Å². The average molecular weight is 274 g/mol. The van der Waals surface area contributed by atoms with Crippen LogP contribution in [0.4, 0.5) is 0 Å². The average Bonchev–Trinajstić information content (AvgIpc) is 2.56. The number of nitrogens with zero attached hydrogens (tertiary/aromatic N) is 2. The Bertz CT molecular complexity index is 821. The minimum atomic E-state index is -0.120. The van der Waals surface area contributed by atoms with Gasteiger partial charge >= 0.3 is 0 Å². The van der Waals surface area contributed by atoms with Crippen molar-refractivity contribution in [2.24, 2.45) is 0 Å². The summed E-state index contributed by atoms with van der Waals surface area (Å²) in [7, 11) is 0. The summed E-state index contributed by atoms with van der Waals surface area (Å²) in [6.07, 6.45) is 3.10. The fourth-order valence-electron chi connectivity index (χ4n) is 2.22. The molecule has 0 bridgehead atoms. The third-order valence-electron chi connectivity index (χ3n) is 3.25. The molecule has 0 fully saturated rings. The van der Waals surface area contributed by atoms with E-state index >= 15 is 0 Å². The molecule has 0 aliphatic carbocycles. The number of benzene rings is 2. The number of hydrogen-bond acceptors (Lipinski definition) is 2. The highest BCUT2D eigenvalue weighted by molar-refractivity contribution is 5.60. The normalized spacial score (nSPS) is 10.3. The van der Waals surface area contributed by atoms with E-state index in [0.29, 0.717) is 11.4 Å². The lowest BCUT2D eigenvalue weighted by Gasteiger charge is -2.12. The lowest BCUT2D eigenvalue weighted by Crippen LogP contribution is -2.23. The molecule has 3 heteroatoms. The van der Waals surface area contributed by atoms with Crippen LogP contribution in [-0.2, 0) is 0 Å². The molecule has 2 aromatic carbocycles. The SMILES string of the molecule is C=Cc1cnc(-c2ccccc2)n(-c2ccccc2)c1=O. The summed E-state index contributed by atoms with van der Waals surface area (Å²) in [5.74, 6) is 0.623. The molecule has 0 N–H and O–H groups in total. The first-order valence-electron chi connectivity index (χ1n) is 6.66. The van der Waals surface area contributed by atoms with E-state index in [1.807, 2.05) is 60.7 Å². The molecular formula is C18H14N2O. The van der Waals surface area contributed by atoms with Gasteiger partial charge in [0, 0.05) is 11.8 Å². The summed E-state index contributed by atoms with van der Waals surface area (Å²) >= 11 is 0. The quantitative estimate of drug-likeness (QED) is 0.732. The zero-order valence-corrected chi connectivity index (χ0v) is 11.4. The van der Waals surface area contributed by atoms with Gasteiger partial charge in [-0.1, -0.05) is 61.2 Å². The second-order valence-corrected chi connectivity index (χ2v) is 4.58. The van der Waals surface area contributed by atoms with Crippen LogP contribution in [-0.4, -0.2) is 9.55 Å². The first kappa shape index (κ1) is 13.1. The summed E-state index contributed by atoms with van der Waals surface area (Å²) in [6.45, 7) is 3.68. The molecule has 0 saturated heterocycles. The predicted molar refractivity (Wildman–Crippen MR) is 85.4 cm³/mol. The van der Waals surface area contributed by atoms with E-state index in [9.17, 15) is 4.79 Å². The van der Waals surface area contributed by atoms with Gasteiger partial charge in [-0.05, 0) is 12.1 Å². The lowest BCUT2D eigenvalue weighted by molar-refractivity contribution is 0.944. The van der Waals surface area contributed by atoms with Gasteiger partial charge in [0.1, 0.15) is 5.82 Å². The summed E-state index contributed by atoms with van der Waals surface area (Å²) in [6, 6.07) is 19.2. The molecule has 0 amide bonds. The van der Waals surface area contributed by atoms with Crippen molar-refractivity contribution in [3.8, 4) is 17.1 Å². The van der Waals surface area contributed by atoms with Gasteiger partial charge < -0.3 is 0 Å². The second-order valence-electron chi connectivity index (χ2n) is 4.58. The van der Waals surface area contributed by atoms with Crippen LogP contribution < -0.4 is 5.56 Å². The number of hydrogen-bond donors (Lipinski definition) is 0. The molecule has 3 rings (SSSR count). The molecule has 0 atom stereocenters. The zero-order chi connectivity index (χ0) is 14.7. The van der Waals surface area contributed by atoms with Gasteiger partial charge in [0.05, 0.1) is 11.3 Å². The predicted octanol–water partition coefficient (Wildman–Crippen LogP) is 3.54. The van der Waals surface area contributed by atoms with Crippen molar-refractivity contribution in [1.82, 2.24) is 9.55 Å². The molecule has 102 valence electrons. The van der Waals surface area contributed by atoms with Crippen LogP contribution in [0.3, 0.4) is 0 Å². The van der Waals surface area contributed by atoms with Gasteiger partial charge in [-0.3, -0.25) is 9.36 Å². The first-order chi connectivity index (χ1) is 10.3. The fraction of sp³-hybridized carbons (Fsp3) is 0.